The zero-order valence-corrected chi connectivity index (χ0v) is 34.5. The molecular formula is C39H47ClF4N10O6. The van der Waals surface area contributed by atoms with Crippen LogP contribution in [0.4, 0.5) is 43.6 Å². The molecule has 0 radical (unpaired) electrons. The lowest BCUT2D eigenvalue weighted by Gasteiger charge is -2.39. The summed E-state index contributed by atoms with van der Waals surface area (Å²) < 4.78 is 67.1. The number of piperidine rings is 2. The number of imide groups is 2. The van der Waals surface area contributed by atoms with Gasteiger partial charge in [0, 0.05) is 57.3 Å². The molecule has 3 N–H and O–H groups in total. The zero-order chi connectivity index (χ0) is 42.6. The molecule has 7 amide bonds. The Morgan fingerprint density at radius 2 is 1.23 bits per heavy atom. The summed E-state index contributed by atoms with van der Waals surface area (Å²) in [5, 5.41) is 17.4. The van der Waals surface area contributed by atoms with E-state index in [-0.39, 0.29) is 69.7 Å². The van der Waals surface area contributed by atoms with Crippen LogP contribution in [0.3, 0.4) is 0 Å². The number of aromatic nitrogens is 4. The van der Waals surface area contributed by atoms with Crippen molar-refractivity contribution in [2.75, 3.05) is 49.1 Å². The van der Waals surface area contributed by atoms with Crippen molar-refractivity contribution in [2.45, 2.75) is 75.7 Å². The van der Waals surface area contributed by atoms with E-state index in [1.165, 1.54) is 14.5 Å². The summed E-state index contributed by atoms with van der Waals surface area (Å²) in [6.45, 7) is 5.18. The van der Waals surface area contributed by atoms with Crippen LogP contribution in [0, 0.1) is 0 Å². The van der Waals surface area contributed by atoms with E-state index >= 15 is 8.78 Å². The van der Waals surface area contributed by atoms with Gasteiger partial charge in [0.25, 0.3) is 11.8 Å². The third kappa shape index (κ3) is 8.84. The maximum atomic E-state index is 15.1. The minimum Gasteiger partial charge on any atom is -0.444 e. The number of carbonyl (C=O) groups excluding carboxylic acids is 5. The lowest BCUT2D eigenvalue weighted by Crippen LogP contribution is -2.50. The Morgan fingerprint density at radius 1 is 0.750 bits per heavy atom. The van der Waals surface area contributed by atoms with Crippen molar-refractivity contribution in [1.82, 2.24) is 40.4 Å². The van der Waals surface area contributed by atoms with Gasteiger partial charge in [-0.3, -0.25) is 39.4 Å². The number of rotatable bonds is 4. The molecule has 60 heavy (non-hydrogen) atoms. The van der Waals surface area contributed by atoms with E-state index in [9.17, 15) is 32.8 Å². The van der Waals surface area contributed by atoms with Crippen molar-refractivity contribution in [3.63, 3.8) is 0 Å². The van der Waals surface area contributed by atoms with Crippen molar-refractivity contribution in [1.29, 1.82) is 0 Å². The highest BCUT2D eigenvalue weighted by atomic mass is 35.5. The molecule has 4 saturated heterocycles. The number of amides is 7. The zero-order valence-electron chi connectivity index (χ0n) is 33.7. The van der Waals surface area contributed by atoms with Gasteiger partial charge in [0.1, 0.15) is 5.60 Å². The molecule has 2 aromatic heterocycles. The van der Waals surface area contributed by atoms with Crippen molar-refractivity contribution < 1.29 is 46.3 Å². The van der Waals surface area contributed by atoms with Gasteiger partial charge in [-0.1, -0.05) is 12.1 Å². The summed E-state index contributed by atoms with van der Waals surface area (Å²) in [4.78, 5) is 63.2. The quantitative estimate of drug-likeness (QED) is 0.223. The molecule has 6 heterocycles. The number of fused-ring (bicyclic) bond motifs is 2. The standard InChI is InChI=1S/C22H27F2N5O4.C17H19F2N5O2.ClH/c1-21(2,3)33-20(32)28-9-7-15(22(23,24)12-28)13-5-6-14-16(11-13)27(4)26-18(14)29-10-8-17(30)25-19(29)31;1-23-13-8-10(12-4-6-20-9-17(12,18)19)2-3-11(13)15(22-23)24-7-5-14(25)21-16(24)26;/h5-6,11,15H,7-10,12H2,1-4H3,(H,25,30,31);2-3,8,12,20H,4-7,9H2,1H3,(H,21,25,26);1H/t15-;12-;/m11./s1. The van der Waals surface area contributed by atoms with Crippen LogP contribution in [-0.2, 0) is 28.4 Å². The number of anilines is 2. The maximum Gasteiger partial charge on any atom is 0.410 e. The van der Waals surface area contributed by atoms with Gasteiger partial charge in [0.2, 0.25) is 11.8 Å². The smallest absolute Gasteiger partial charge is 0.410 e. The molecule has 4 aliphatic heterocycles. The molecule has 0 saturated carbocycles. The highest BCUT2D eigenvalue weighted by Crippen LogP contribution is 2.43. The van der Waals surface area contributed by atoms with E-state index < -0.39 is 54.0 Å². The van der Waals surface area contributed by atoms with E-state index in [2.05, 4.69) is 26.1 Å². The average Bonchev–Trinajstić information content (AvgIpc) is 3.65. The molecule has 0 bridgehead atoms. The van der Waals surface area contributed by atoms with Crippen molar-refractivity contribution in [3.05, 3.63) is 47.5 Å². The molecule has 0 aliphatic carbocycles. The number of hydrogen-bond acceptors (Lipinski definition) is 9. The second kappa shape index (κ2) is 16.5. The van der Waals surface area contributed by atoms with Gasteiger partial charge in [-0.15, -0.1) is 12.4 Å². The monoisotopic (exact) mass is 862 g/mol. The van der Waals surface area contributed by atoms with E-state index in [1.54, 1.807) is 75.9 Å². The summed E-state index contributed by atoms with van der Waals surface area (Å²) in [5.74, 6) is -7.73. The Balaban J connectivity index is 0.000000203. The second-order valence-electron chi connectivity index (χ2n) is 16.2. The van der Waals surface area contributed by atoms with Gasteiger partial charge in [-0.25, -0.2) is 31.9 Å². The molecule has 0 spiro atoms. The van der Waals surface area contributed by atoms with Crippen LogP contribution >= 0.6 is 12.4 Å². The summed E-state index contributed by atoms with van der Waals surface area (Å²) in [6.07, 6.45) is 0.0533. The van der Waals surface area contributed by atoms with Crippen LogP contribution in [0.15, 0.2) is 36.4 Å². The maximum absolute atomic E-state index is 15.1. The van der Waals surface area contributed by atoms with E-state index in [4.69, 9.17) is 4.74 Å². The summed E-state index contributed by atoms with van der Waals surface area (Å²) in [5.41, 5.74) is 1.51. The normalized spacial score (nSPS) is 21.9. The Morgan fingerprint density at radius 3 is 1.67 bits per heavy atom. The predicted octanol–water partition coefficient (Wildman–Crippen LogP) is 5.53. The average molecular weight is 863 g/mol. The Kier molecular flexibility index (Phi) is 12.1. The number of aryl methyl sites for hydroxylation is 2. The molecular weight excluding hydrogens is 816 g/mol. The van der Waals surface area contributed by atoms with Crippen LogP contribution in [0.1, 0.15) is 69.4 Å². The minimum absolute atomic E-state index is 0. The number of nitrogens with zero attached hydrogens (tertiary/aromatic N) is 7. The fourth-order valence-electron chi connectivity index (χ4n) is 7.95. The first kappa shape index (κ1) is 44.1. The number of hydrogen-bond donors (Lipinski definition) is 3. The fraction of sp³-hybridized carbons (Fsp3) is 0.513. The van der Waals surface area contributed by atoms with Crippen LogP contribution in [0.5, 0.6) is 0 Å². The summed E-state index contributed by atoms with van der Waals surface area (Å²) >= 11 is 0. The van der Waals surface area contributed by atoms with Gasteiger partial charge in [-0.2, -0.15) is 10.2 Å². The van der Waals surface area contributed by atoms with Gasteiger partial charge in [-0.05, 0) is 75.5 Å². The number of ether oxygens (including phenoxy) is 1. The van der Waals surface area contributed by atoms with E-state index in [0.717, 1.165) is 4.90 Å². The first-order chi connectivity index (χ1) is 27.7. The van der Waals surface area contributed by atoms with Crippen molar-refractivity contribution in [2.24, 2.45) is 14.1 Å². The number of likely N-dealkylation sites (tertiary alicyclic amines) is 1. The van der Waals surface area contributed by atoms with Gasteiger partial charge in [0.15, 0.2) is 11.6 Å². The minimum atomic E-state index is -3.14. The molecule has 4 aliphatic rings. The second-order valence-corrected chi connectivity index (χ2v) is 16.2. The molecule has 2 atom stereocenters. The molecule has 21 heteroatoms. The number of urea groups is 2. The highest BCUT2D eigenvalue weighted by molar-refractivity contribution is 6.10. The van der Waals surface area contributed by atoms with Gasteiger partial charge in [0.05, 0.1) is 36.0 Å². The lowest BCUT2D eigenvalue weighted by molar-refractivity contribution is -0.121. The SMILES string of the molecule is Cl.Cn1nc(N2CCC(=O)NC2=O)c2ccc([C@H]3CCN(C(=O)OC(C)(C)C)CC3(F)F)cc21.Cn1nc(N2CCC(=O)NC2=O)c2ccc([C@H]3CCNCC3(F)F)cc21. The lowest BCUT2D eigenvalue weighted by atomic mass is 9.86. The molecule has 8 rings (SSSR count). The third-order valence-electron chi connectivity index (χ3n) is 10.9. The number of alkyl halides is 4. The highest BCUT2D eigenvalue weighted by Gasteiger charge is 2.48. The number of benzene rings is 2. The first-order valence-corrected chi connectivity index (χ1v) is 19.3. The van der Waals surface area contributed by atoms with Crippen LogP contribution in [0.2, 0.25) is 0 Å². The van der Waals surface area contributed by atoms with Crippen molar-refractivity contribution >= 4 is 75.8 Å². The van der Waals surface area contributed by atoms with Crippen LogP contribution < -0.4 is 25.8 Å². The Hall–Kier alpha value is -5.50. The molecule has 2 aromatic carbocycles. The van der Waals surface area contributed by atoms with Crippen LogP contribution in [0.25, 0.3) is 21.8 Å². The first-order valence-electron chi connectivity index (χ1n) is 19.3. The van der Waals surface area contributed by atoms with Gasteiger partial charge < -0.3 is 15.0 Å². The number of halogens is 5. The molecule has 324 valence electrons. The predicted molar refractivity (Wildman–Crippen MR) is 215 cm³/mol. The molecule has 4 fully saturated rings. The van der Waals surface area contributed by atoms with E-state index in [0.29, 0.717) is 57.5 Å². The molecule has 4 aromatic rings. The summed E-state index contributed by atoms with van der Waals surface area (Å²) in [6, 6.07) is 9.00. The topological polar surface area (TPSA) is 176 Å². The number of nitrogens with one attached hydrogen (secondary N) is 3. The third-order valence-corrected chi connectivity index (χ3v) is 10.9. The Labute approximate surface area is 348 Å². The fourth-order valence-corrected chi connectivity index (χ4v) is 7.95. The molecule has 16 nitrogen and oxygen atoms in total. The summed E-state index contributed by atoms with van der Waals surface area (Å²) in [7, 11) is 3.38. The van der Waals surface area contributed by atoms with Crippen LogP contribution in [-0.4, -0.2) is 111 Å². The Bertz CT molecular complexity index is 2350. The largest absolute Gasteiger partial charge is 0.444 e. The van der Waals surface area contributed by atoms with Crippen molar-refractivity contribution in [3.8, 4) is 0 Å². The number of carbonyl (C=O) groups is 5. The van der Waals surface area contributed by atoms with E-state index in [1.807, 2.05) is 0 Å². The molecule has 0 unspecified atom stereocenters. The van der Waals surface area contributed by atoms with Gasteiger partial charge >= 0.3 is 18.2 Å².